The molecule has 3 heterocycles. The van der Waals surface area contributed by atoms with E-state index in [2.05, 4.69) is 34.7 Å². The van der Waals surface area contributed by atoms with Crippen LogP contribution in [0.15, 0.2) is 59.5 Å². The van der Waals surface area contributed by atoms with Crippen molar-refractivity contribution in [2.75, 3.05) is 13.7 Å². The summed E-state index contributed by atoms with van der Waals surface area (Å²) in [5, 5.41) is 7.27. The molecule has 0 saturated carbocycles. The van der Waals surface area contributed by atoms with E-state index < -0.39 is 11.7 Å². The topological polar surface area (TPSA) is 86.4 Å². The summed E-state index contributed by atoms with van der Waals surface area (Å²) >= 11 is 0. The van der Waals surface area contributed by atoms with Gasteiger partial charge in [0.15, 0.2) is 0 Å². The van der Waals surface area contributed by atoms with Crippen molar-refractivity contribution < 1.29 is 23.1 Å². The minimum absolute atomic E-state index is 0.249. The summed E-state index contributed by atoms with van der Waals surface area (Å²) in [6, 6.07) is 11.3. The van der Waals surface area contributed by atoms with Gasteiger partial charge >= 0.3 is 0 Å². The van der Waals surface area contributed by atoms with Crippen LogP contribution in [0.2, 0.25) is 0 Å². The molecule has 1 aliphatic rings. The van der Waals surface area contributed by atoms with Crippen LogP contribution in [0.4, 0.5) is 4.39 Å². The van der Waals surface area contributed by atoms with E-state index in [0.29, 0.717) is 47.2 Å². The lowest BCUT2D eigenvalue weighted by atomic mass is 9.90. The van der Waals surface area contributed by atoms with E-state index in [1.54, 1.807) is 30.3 Å². The van der Waals surface area contributed by atoms with Gasteiger partial charge in [-0.25, -0.2) is 4.39 Å². The Hall–Kier alpha value is -3.78. The predicted molar refractivity (Wildman–Crippen MR) is 124 cm³/mol. The monoisotopic (exact) mass is 461 g/mol. The summed E-state index contributed by atoms with van der Waals surface area (Å²) in [5.41, 5.74) is 4.38. The van der Waals surface area contributed by atoms with Crippen molar-refractivity contribution in [2.24, 2.45) is 0 Å². The SMILES string of the molecule is COCCc1ccc(Cn2cc(-c3cc4occ(C5CCC(=O)NC5=O)c4cc3F)cn2)cc1. The zero-order chi connectivity index (χ0) is 23.7. The van der Waals surface area contributed by atoms with Crippen LogP contribution in [0, 0.1) is 5.82 Å². The Morgan fingerprint density at radius 3 is 2.76 bits per heavy atom. The molecule has 8 heteroatoms. The lowest BCUT2D eigenvalue weighted by molar-refractivity contribution is -0.134. The van der Waals surface area contributed by atoms with Gasteiger partial charge in [-0.15, -0.1) is 0 Å². The Kier molecular flexibility index (Phi) is 5.98. The molecule has 34 heavy (non-hydrogen) atoms. The lowest BCUT2D eigenvalue weighted by Gasteiger charge is -2.19. The highest BCUT2D eigenvalue weighted by atomic mass is 19.1. The molecular formula is C26H24FN3O4. The quantitative estimate of drug-likeness (QED) is 0.417. The van der Waals surface area contributed by atoms with E-state index in [4.69, 9.17) is 9.15 Å². The Labute approximate surface area is 195 Å². The summed E-state index contributed by atoms with van der Waals surface area (Å²) in [7, 11) is 1.69. The van der Waals surface area contributed by atoms with E-state index >= 15 is 4.39 Å². The lowest BCUT2D eigenvalue weighted by Crippen LogP contribution is -2.39. The first-order valence-electron chi connectivity index (χ1n) is 11.2. The molecule has 174 valence electrons. The maximum atomic E-state index is 15.1. The number of imide groups is 1. The van der Waals surface area contributed by atoms with Crippen molar-refractivity contribution in [1.82, 2.24) is 15.1 Å². The molecule has 7 nitrogen and oxygen atoms in total. The number of piperidine rings is 1. The number of carbonyl (C=O) groups is 2. The zero-order valence-electron chi connectivity index (χ0n) is 18.7. The second-order valence-electron chi connectivity index (χ2n) is 8.51. The molecule has 5 rings (SSSR count). The Morgan fingerprint density at radius 2 is 2.00 bits per heavy atom. The number of amides is 2. The highest BCUT2D eigenvalue weighted by molar-refractivity contribution is 6.03. The average Bonchev–Trinajstić information content (AvgIpc) is 3.45. The summed E-state index contributed by atoms with van der Waals surface area (Å²) in [4.78, 5) is 23.7. The standard InChI is InChI=1S/C26H24FN3O4/c1-33-9-8-16-2-4-17(5-3-16)13-30-14-18(12-28-30)20-11-24-21(10-23(20)27)22(15-34-24)19-6-7-25(31)29-26(19)32/h2-5,10-12,14-15,19H,6-9,13H2,1H3,(H,29,31,32). The molecular weight excluding hydrogens is 437 g/mol. The summed E-state index contributed by atoms with van der Waals surface area (Å²) in [6.45, 7) is 1.25. The number of benzene rings is 2. The van der Waals surface area contributed by atoms with Crippen LogP contribution in [0.1, 0.15) is 35.4 Å². The van der Waals surface area contributed by atoms with Gasteiger partial charge in [-0.1, -0.05) is 24.3 Å². The van der Waals surface area contributed by atoms with Gasteiger partial charge in [0.2, 0.25) is 11.8 Å². The molecule has 1 saturated heterocycles. The minimum Gasteiger partial charge on any atom is -0.464 e. The van der Waals surface area contributed by atoms with Crippen molar-refractivity contribution in [3.05, 3.63) is 77.6 Å². The third-order valence-electron chi connectivity index (χ3n) is 6.21. The fourth-order valence-corrected chi connectivity index (χ4v) is 4.36. The minimum atomic E-state index is -0.534. The van der Waals surface area contributed by atoms with Crippen molar-refractivity contribution in [2.45, 2.75) is 31.7 Å². The Bertz CT molecular complexity index is 1360. The van der Waals surface area contributed by atoms with Crippen LogP contribution in [0.25, 0.3) is 22.1 Å². The third kappa shape index (κ3) is 4.36. The second kappa shape index (κ2) is 9.23. The first-order chi connectivity index (χ1) is 16.5. The molecule has 2 aromatic heterocycles. The number of nitrogens with one attached hydrogen (secondary N) is 1. The van der Waals surface area contributed by atoms with Gasteiger partial charge in [0.25, 0.3) is 0 Å². The molecule has 1 aliphatic heterocycles. The number of hydrogen-bond acceptors (Lipinski definition) is 5. The first kappa shape index (κ1) is 22.0. The summed E-state index contributed by atoms with van der Waals surface area (Å²) in [6.07, 6.45) is 6.39. The van der Waals surface area contributed by atoms with Crippen molar-refractivity contribution in [3.63, 3.8) is 0 Å². The number of rotatable bonds is 7. The number of carbonyl (C=O) groups excluding carboxylic acids is 2. The molecule has 0 spiro atoms. The maximum absolute atomic E-state index is 15.1. The second-order valence-corrected chi connectivity index (χ2v) is 8.51. The Morgan fingerprint density at radius 1 is 1.21 bits per heavy atom. The van der Waals surface area contributed by atoms with Crippen LogP contribution in [0.3, 0.4) is 0 Å². The fourth-order valence-electron chi connectivity index (χ4n) is 4.36. The van der Waals surface area contributed by atoms with Gasteiger partial charge in [0, 0.05) is 41.8 Å². The average molecular weight is 461 g/mol. The van der Waals surface area contributed by atoms with E-state index in [1.807, 2.05) is 0 Å². The molecule has 4 aromatic rings. The number of furan rings is 1. The Balaban J connectivity index is 1.36. The number of methoxy groups -OCH3 is 1. The summed E-state index contributed by atoms with van der Waals surface area (Å²) < 4.78 is 27.7. The molecule has 1 unspecified atom stereocenters. The zero-order valence-corrected chi connectivity index (χ0v) is 18.7. The van der Waals surface area contributed by atoms with Crippen molar-refractivity contribution in [1.29, 1.82) is 0 Å². The normalized spacial score (nSPS) is 16.2. The maximum Gasteiger partial charge on any atom is 0.234 e. The molecule has 1 fully saturated rings. The molecule has 1 atom stereocenters. The highest BCUT2D eigenvalue weighted by Gasteiger charge is 2.30. The van der Waals surface area contributed by atoms with Crippen LogP contribution in [-0.2, 0) is 27.3 Å². The summed E-state index contributed by atoms with van der Waals surface area (Å²) in [5.74, 6) is -1.63. The van der Waals surface area contributed by atoms with Gasteiger partial charge in [-0.2, -0.15) is 5.10 Å². The number of halogens is 1. The number of ether oxygens (including phenoxy) is 1. The molecule has 0 bridgehead atoms. The van der Waals surface area contributed by atoms with E-state index in [9.17, 15) is 9.59 Å². The number of nitrogens with zero attached hydrogens (tertiary/aromatic N) is 2. The largest absolute Gasteiger partial charge is 0.464 e. The first-order valence-corrected chi connectivity index (χ1v) is 11.2. The number of fused-ring (bicyclic) bond motifs is 1. The third-order valence-corrected chi connectivity index (χ3v) is 6.21. The van der Waals surface area contributed by atoms with Crippen LogP contribution >= 0.6 is 0 Å². The smallest absolute Gasteiger partial charge is 0.234 e. The van der Waals surface area contributed by atoms with Crippen LogP contribution in [-0.4, -0.2) is 35.3 Å². The van der Waals surface area contributed by atoms with Gasteiger partial charge in [0.1, 0.15) is 11.4 Å². The van der Waals surface area contributed by atoms with Gasteiger partial charge in [-0.3, -0.25) is 19.6 Å². The number of aromatic nitrogens is 2. The van der Waals surface area contributed by atoms with Gasteiger partial charge in [0.05, 0.1) is 31.5 Å². The fraction of sp³-hybridized carbons (Fsp3) is 0.269. The predicted octanol–water partition coefficient (Wildman–Crippen LogP) is 4.19. The van der Waals surface area contributed by atoms with E-state index in [0.717, 1.165) is 12.0 Å². The van der Waals surface area contributed by atoms with Gasteiger partial charge in [-0.05, 0) is 36.1 Å². The van der Waals surface area contributed by atoms with Crippen molar-refractivity contribution in [3.8, 4) is 11.1 Å². The van der Waals surface area contributed by atoms with E-state index in [1.165, 1.54) is 17.9 Å². The number of hydrogen-bond donors (Lipinski definition) is 1. The molecule has 1 N–H and O–H groups in total. The molecule has 2 amide bonds. The highest BCUT2D eigenvalue weighted by Crippen LogP contribution is 2.36. The molecule has 0 radical (unpaired) electrons. The molecule has 0 aliphatic carbocycles. The van der Waals surface area contributed by atoms with Gasteiger partial charge < -0.3 is 9.15 Å². The van der Waals surface area contributed by atoms with E-state index in [-0.39, 0.29) is 18.2 Å². The van der Waals surface area contributed by atoms with Crippen molar-refractivity contribution >= 4 is 22.8 Å². The van der Waals surface area contributed by atoms with Crippen LogP contribution in [0.5, 0.6) is 0 Å². The van der Waals surface area contributed by atoms with Crippen LogP contribution < -0.4 is 5.32 Å². The molecule has 2 aromatic carbocycles.